The van der Waals surface area contributed by atoms with Crippen LogP contribution in [0.15, 0.2) is 22.7 Å². The van der Waals surface area contributed by atoms with Crippen LogP contribution in [0, 0.1) is 10.1 Å². The number of unbranched alkanes of at least 4 members (excludes halogenated alkanes) is 1. The van der Waals surface area contributed by atoms with E-state index in [4.69, 9.17) is 9.47 Å². The fraction of sp³-hybridized carbons (Fsp3) is 0.462. The van der Waals surface area contributed by atoms with Gasteiger partial charge in [0, 0.05) is 23.2 Å². The quantitative estimate of drug-likeness (QED) is 0.312. The first kappa shape index (κ1) is 16.6. The van der Waals surface area contributed by atoms with Crippen molar-refractivity contribution < 1.29 is 19.2 Å². The van der Waals surface area contributed by atoms with Crippen LogP contribution in [-0.2, 0) is 9.47 Å². The minimum atomic E-state index is -0.611. The number of halogens is 1. The van der Waals surface area contributed by atoms with Crippen molar-refractivity contribution in [2.75, 3.05) is 19.8 Å². The topological polar surface area (TPSA) is 78.7 Å². The zero-order chi connectivity index (χ0) is 15.0. The highest BCUT2D eigenvalue weighted by molar-refractivity contribution is 9.10. The summed E-state index contributed by atoms with van der Waals surface area (Å²) in [5, 5.41) is 10.7. The summed E-state index contributed by atoms with van der Waals surface area (Å²) in [6.07, 6.45) is 2.00. The fourth-order valence-corrected chi connectivity index (χ4v) is 1.81. The minimum Gasteiger partial charge on any atom is -0.460 e. The first-order valence-corrected chi connectivity index (χ1v) is 7.04. The molecule has 7 heteroatoms. The number of carbonyl (C=O) groups is 1. The van der Waals surface area contributed by atoms with Crippen molar-refractivity contribution in [2.24, 2.45) is 0 Å². The molecule has 6 nitrogen and oxygen atoms in total. The van der Waals surface area contributed by atoms with Crippen LogP contribution in [0.1, 0.15) is 30.1 Å². The van der Waals surface area contributed by atoms with Crippen molar-refractivity contribution >= 4 is 27.6 Å². The number of rotatable bonds is 8. The Bertz CT molecular complexity index is 478. The van der Waals surface area contributed by atoms with E-state index >= 15 is 0 Å². The van der Waals surface area contributed by atoms with E-state index in [0.29, 0.717) is 17.7 Å². The normalized spacial score (nSPS) is 10.3. The van der Waals surface area contributed by atoms with Gasteiger partial charge in [-0.2, -0.15) is 0 Å². The predicted octanol–water partition coefficient (Wildman–Crippen LogP) is 3.33. The van der Waals surface area contributed by atoms with E-state index < -0.39 is 10.9 Å². The van der Waals surface area contributed by atoms with Gasteiger partial charge in [0.05, 0.1) is 17.1 Å². The highest BCUT2D eigenvalue weighted by atomic mass is 79.9. The first-order valence-electron chi connectivity index (χ1n) is 6.25. The van der Waals surface area contributed by atoms with Gasteiger partial charge < -0.3 is 9.47 Å². The van der Waals surface area contributed by atoms with Gasteiger partial charge >= 0.3 is 5.97 Å². The zero-order valence-electron chi connectivity index (χ0n) is 11.1. The number of nitro groups is 1. The molecular formula is C13H16BrNO5. The Morgan fingerprint density at radius 1 is 1.35 bits per heavy atom. The Morgan fingerprint density at radius 2 is 2.10 bits per heavy atom. The molecule has 0 aromatic heterocycles. The Balaban J connectivity index is 2.50. The molecule has 0 bridgehead atoms. The third-order valence-corrected chi connectivity index (χ3v) is 3.18. The van der Waals surface area contributed by atoms with Crippen LogP contribution in [0.5, 0.6) is 0 Å². The van der Waals surface area contributed by atoms with Gasteiger partial charge in [0.15, 0.2) is 0 Å². The molecule has 1 rings (SSSR count). The van der Waals surface area contributed by atoms with E-state index in [1.54, 1.807) is 0 Å². The molecule has 0 spiro atoms. The van der Waals surface area contributed by atoms with Gasteiger partial charge in [0.25, 0.3) is 5.69 Å². The number of ether oxygens (including phenoxy) is 2. The molecule has 0 saturated carbocycles. The maximum atomic E-state index is 11.8. The number of nitrogens with zero attached hydrogens (tertiary/aromatic N) is 1. The highest BCUT2D eigenvalue weighted by Crippen LogP contribution is 2.23. The lowest BCUT2D eigenvalue weighted by Gasteiger charge is -2.07. The fourth-order valence-electron chi connectivity index (χ4n) is 1.40. The van der Waals surface area contributed by atoms with Crippen molar-refractivity contribution in [2.45, 2.75) is 19.8 Å². The van der Waals surface area contributed by atoms with E-state index in [0.717, 1.165) is 12.8 Å². The molecule has 0 heterocycles. The lowest BCUT2D eigenvalue weighted by atomic mass is 10.2. The number of benzene rings is 1. The number of esters is 1. The first-order chi connectivity index (χ1) is 9.56. The zero-order valence-corrected chi connectivity index (χ0v) is 12.7. The van der Waals surface area contributed by atoms with Gasteiger partial charge in [0.2, 0.25) is 0 Å². The standard InChI is InChI=1S/C13H16BrNO5/c1-2-3-6-19-7-8-20-13(16)11-9-10(15(17)18)4-5-12(11)14/h4-5,9H,2-3,6-8H2,1H3. The maximum absolute atomic E-state index is 11.8. The van der Waals surface area contributed by atoms with Crippen molar-refractivity contribution in [3.05, 3.63) is 38.3 Å². The van der Waals surface area contributed by atoms with Crippen molar-refractivity contribution in [1.29, 1.82) is 0 Å². The Hall–Kier alpha value is -1.47. The third kappa shape index (κ3) is 5.26. The predicted molar refractivity (Wildman–Crippen MR) is 76.8 cm³/mol. The molecule has 0 fully saturated rings. The number of nitro benzene ring substituents is 1. The van der Waals surface area contributed by atoms with E-state index in [-0.39, 0.29) is 17.9 Å². The summed E-state index contributed by atoms with van der Waals surface area (Å²) in [7, 11) is 0. The summed E-state index contributed by atoms with van der Waals surface area (Å²) >= 11 is 3.17. The SMILES string of the molecule is CCCCOCCOC(=O)c1cc([N+](=O)[O-])ccc1Br. The Morgan fingerprint density at radius 3 is 2.75 bits per heavy atom. The summed E-state index contributed by atoms with van der Waals surface area (Å²) in [4.78, 5) is 21.9. The van der Waals surface area contributed by atoms with Crippen LogP contribution in [-0.4, -0.2) is 30.7 Å². The molecule has 1 aromatic carbocycles. The van der Waals surface area contributed by atoms with Gasteiger partial charge in [-0.25, -0.2) is 4.79 Å². The maximum Gasteiger partial charge on any atom is 0.339 e. The summed E-state index contributed by atoms with van der Waals surface area (Å²) in [6.45, 7) is 3.13. The van der Waals surface area contributed by atoms with Crippen molar-refractivity contribution in [1.82, 2.24) is 0 Å². The molecule has 110 valence electrons. The van der Waals surface area contributed by atoms with Crippen molar-refractivity contribution in [3.8, 4) is 0 Å². The van der Waals surface area contributed by atoms with E-state index in [9.17, 15) is 14.9 Å². The summed E-state index contributed by atoms with van der Waals surface area (Å²) in [6, 6.07) is 3.95. The average molecular weight is 346 g/mol. The van der Waals surface area contributed by atoms with E-state index in [2.05, 4.69) is 22.9 Å². The third-order valence-electron chi connectivity index (χ3n) is 2.48. The molecular weight excluding hydrogens is 330 g/mol. The second-order valence-electron chi connectivity index (χ2n) is 4.02. The molecule has 0 amide bonds. The molecule has 0 unspecified atom stereocenters. The molecule has 0 radical (unpaired) electrons. The molecule has 0 aliphatic rings. The molecule has 0 atom stereocenters. The van der Waals surface area contributed by atoms with Crippen LogP contribution >= 0.6 is 15.9 Å². The number of hydrogen-bond donors (Lipinski definition) is 0. The lowest BCUT2D eigenvalue weighted by Crippen LogP contribution is -2.12. The van der Waals surface area contributed by atoms with Gasteiger partial charge in [-0.1, -0.05) is 13.3 Å². The smallest absolute Gasteiger partial charge is 0.339 e. The summed E-state index contributed by atoms with van der Waals surface area (Å²) in [5.74, 6) is -0.611. The van der Waals surface area contributed by atoms with Crippen LogP contribution in [0.3, 0.4) is 0 Å². The summed E-state index contributed by atoms with van der Waals surface area (Å²) in [5.41, 5.74) is -0.0212. The van der Waals surface area contributed by atoms with Crippen molar-refractivity contribution in [3.63, 3.8) is 0 Å². The number of non-ortho nitro benzene ring substituents is 1. The largest absolute Gasteiger partial charge is 0.460 e. The van der Waals surface area contributed by atoms with Gasteiger partial charge in [-0.05, 0) is 28.4 Å². The number of hydrogen-bond acceptors (Lipinski definition) is 5. The second kappa shape index (κ2) is 8.65. The molecule has 1 aromatic rings. The Kier molecular flexibility index (Phi) is 7.17. The van der Waals surface area contributed by atoms with E-state index in [1.165, 1.54) is 18.2 Å². The summed E-state index contributed by atoms with van der Waals surface area (Å²) < 4.78 is 10.7. The van der Waals surface area contributed by atoms with Crippen LogP contribution in [0.2, 0.25) is 0 Å². The van der Waals surface area contributed by atoms with Gasteiger partial charge in [-0.15, -0.1) is 0 Å². The van der Waals surface area contributed by atoms with Gasteiger partial charge in [-0.3, -0.25) is 10.1 Å². The number of carbonyl (C=O) groups excluding carboxylic acids is 1. The average Bonchev–Trinajstić information content (AvgIpc) is 2.42. The van der Waals surface area contributed by atoms with E-state index in [1.807, 2.05) is 0 Å². The highest BCUT2D eigenvalue weighted by Gasteiger charge is 2.16. The molecule has 0 saturated heterocycles. The van der Waals surface area contributed by atoms with Crippen LogP contribution in [0.4, 0.5) is 5.69 Å². The molecule has 0 aliphatic heterocycles. The molecule has 20 heavy (non-hydrogen) atoms. The lowest BCUT2D eigenvalue weighted by molar-refractivity contribution is -0.384. The minimum absolute atomic E-state index is 0.123. The molecule has 0 aliphatic carbocycles. The molecule has 0 N–H and O–H groups in total. The van der Waals surface area contributed by atoms with Crippen LogP contribution < -0.4 is 0 Å². The second-order valence-corrected chi connectivity index (χ2v) is 4.88. The van der Waals surface area contributed by atoms with Gasteiger partial charge in [0.1, 0.15) is 6.61 Å². The Labute approximate surface area is 125 Å². The monoisotopic (exact) mass is 345 g/mol. The van der Waals surface area contributed by atoms with Crippen LogP contribution in [0.25, 0.3) is 0 Å².